The summed E-state index contributed by atoms with van der Waals surface area (Å²) in [6.07, 6.45) is 10.6. The second-order valence-corrected chi connectivity index (χ2v) is 9.45. The van der Waals surface area contributed by atoms with E-state index in [-0.39, 0.29) is 0 Å². The van der Waals surface area contributed by atoms with Crippen molar-refractivity contribution in [1.82, 2.24) is 0 Å². The molecule has 0 aromatic rings. The maximum atomic E-state index is 6.41. The fourth-order valence-electron chi connectivity index (χ4n) is 7.76. The molecule has 8 atom stereocenters. The van der Waals surface area contributed by atoms with Crippen molar-refractivity contribution in [1.29, 1.82) is 0 Å². The summed E-state index contributed by atoms with van der Waals surface area (Å²) in [5.74, 6) is 4.58. The van der Waals surface area contributed by atoms with Crippen molar-refractivity contribution in [2.24, 2.45) is 40.4 Å². The SMILES string of the molecule is CC1CCCC2(C)C1CC1OCCC3C(C)CCC2C13C. The van der Waals surface area contributed by atoms with E-state index in [0.29, 0.717) is 16.9 Å². The van der Waals surface area contributed by atoms with Gasteiger partial charge in [-0.2, -0.15) is 0 Å². The first kappa shape index (κ1) is 14.5. The third-order valence-corrected chi connectivity index (χ3v) is 8.76. The van der Waals surface area contributed by atoms with Crippen LogP contribution in [0.3, 0.4) is 0 Å². The van der Waals surface area contributed by atoms with Gasteiger partial charge in [-0.05, 0) is 60.7 Å². The van der Waals surface area contributed by atoms with Crippen LogP contribution in [0.15, 0.2) is 0 Å². The average molecular weight is 290 g/mol. The van der Waals surface area contributed by atoms with Crippen LogP contribution in [-0.4, -0.2) is 12.7 Å². The molecule has 120 valence electrons. The molecule has 0 bridgehead atoms. The van der Waals surface area contributed by atoms with Crippen LogP contribution in [0.4, 0.5) is 0 Å². The van der Waals surface area contributed by atoms with E-state index in [1.54, 1.807) is 0 Å². The summed E-state index contributed by atoms with van der Waals surface area (Å²) in [6.45, 7) is 11.4. The van der Waals surface area contributed by atoms with Crippen LogP contribution in [-0.2, 0) is 4.74 Å². The lowest BCUT2D eigenvalue weighted by Gasteiger charge is -2.68. The first-order valence-corrected chi connectivity index (χ1v) is 9.59. The Morgan fingerprint density at radius 1 is 0.905 bits per heavy atom. The van der Waals surface area contributed by atoms with Gasteiger partial charge in [0.2, 0.25) is 0 Å². The van der Waals surface area contributed by atoms with Crippen LogP contribution in [0.25, 0.3) is 0 Å². The number of rotatable bonds is 0. The second-order valence-electron chi connectivity index (χ2n) is 9.45. The molecule has 1 heterocycles. The molecule has 21 heavy (non-hydrogen) atoms. The summed E-state index contributed by atoms with van der Waals surface area (Å²) in [7, 11) is 0. The van der Waals surface area contributed by atoms with E-state index in [1.807, 2.05) is 0 Å². The molecule has 4 aliphatic rings. The van der Waals surface area contributed by atoms with Gasteiger partial charge >= 0.3 is 0 Å². The third-order valence-electron chi connectivity index (χ3n) is 8.76. The van der Waals surface area contributed by atoms with E-state index in [9.17, 15) is 0 Å². The summed E-state index contributed by atoms with van der Waals surface area (Å²) < 4.78 is 6.41. The molecule has 1 nitrogen and oxygen atoms in total. The van der Waals surface area contributed by atoms with Gasteiger partial charge in [0.25, 0.3) is 0 Å². The quantitative estimate of drug-likeness (QED) is 0.589. The summed E-state index contributed by atoms with van der Waals surface area (Å²) in [5.41, 5.74) is 1.07. The molecule has 0 N–H and O–H groups in total. The Hall–Kier alpha value is -0.0400. The van der Waals surface area contributed by atoms with E-state index in [0.717, 1.165) is 36.2 Å². The Morgan fingerprint density at radius 3 is 2.48 bits per heavy atom. The zero-order chi connectivity index (χ0) is 14.8. The monoisotopic (exact) mass is 290 g/mol. The van der Waals surface area contributed by atoms with Crippen LogP contribution >= 0.6 is 0 Å². The lowest BCUT2D eigenvalue weighted by molar-refractivity contribution is -0.251. The maximum absolute atomic E-state index is 6.41. The van der Waals surface area contributed by atoms with Gasteiger partial charge in [-0.3, -0.25) is 0 Å². The van der Waals surface area contributed by atoms with Crippen molar-refractivity contribution in [2.75, 3.05) is 6.61 Å². The highest BCUT2D eigenvalue weighted by atomic mass is 16.5. The van der Waals surface area contributed by atoms with Crippen LogP contribution < -0.4 is 0 Å². The van der Waals surface area contributed by atoms with Gasteiger partial charge in [-0.15, -0.1) is 0 Å². The van der Waals surface area contributed by atoms with Crippen LogP contribution in [0.5, 0.6) is 0 Å². The summed E-state index contributed by atoms with van der Waals surface area (Å²) >= 11 is 0. The fraction of sp³-hybridized carbons (Fsp3) is 1.00. The lowest BCUT2D eigenvalue weighted by Crippen LogP contribution is -2.65. The Balaban J connectivity index is 1.77. The van der Waals surface area contributed by atoms with Crippen molar-refractivity contribution in [3.63, 3.8) is 0 Å². The Labute approximate surface area is 131 Å². The normalized spacial score (nSPS) is 60.0. The smallest absolute Gasteiger partial charge is 0.0637 e. The van der Waals surface area contributed by atoms with Crippen molar-refractivity contribution in [3.05, 3.63) is 0 Å². The molecule has 1 saturated heterocycles. The minimum Gasteiger partial charge on any atom is -0.378 e. The van der Waals surface area contributed by atoms with Crippen LogP contribution in [0.1, 0.15) is 72.6 Å². The van der Waals surface area contributed by atoms with E-state index >= 15 is 0 Å². The van der Waals surface area contributed by atoms with E-state index in [1.165, 1.54) is 44.9 Å². The van der Waals surface area contributed by atoms with E-state index < -0.39 is 0 Å². The summed E-state index contributed by atoms with van der Waals surface area (Å²) in [5, 5.41) is 0. The number of ether oxygens (including phenoxy) is 1. The van der Waals surface area contributed by atoms with Crippen molar-refractivity contribution < 1.29 is 4.74 Å². The molecule has 4 fully saturated rings. The molecule has 3 aliphatic carbocycles. The number of fused-ring (bicyclic) bond motifs is 2. The molecular weight excluding hydrogens is 256 g/mol. The second kappa shape index (κ2) is 4.73. The lowest BCUT2D eigenvalue weighted by atomic mass is 9.39. The third kappa shape index (κ3) is 1.79. The van der Waals surface area contributed by atoms with E-state index in [2.05, 4.69) is 27.7 Å². The Morgan fingerprint density at radius 2 is 1.67 bits per heavy atom. The van der Waals surface area contributed by atoms with Gasteiger partial charge in [0.1, 0.15) is 0 Å². The summed E-state index contributed by atoms with van der Waals surface area (Å²) in [4.78, 5) is 0. The highest BCUT2D eigenvalue weighted by Gasteiger charge is 2.64. The summed E-state index contributed by atoms with van der Waals surface area (Å²) in [6, 6.07) is 0. The molecular formula is C20H34O. The molecule has 4 rings (SSSR count). The molecule has 3 saturated carbocycles. The first-order chi connectivity index (χ1) is 9.98. The molecule has 0 amide bonds. The van der Waals surface area contributed by atoms with Gasteiger partial charge in [0.05, 0.1) is 6.10 Å². The molecule has 1 aliphatic heterocycles. The number of hydrogen-bond donors (Lipinski definition) is 0. The maximum Gasteiger partial charge on any atom is 0.0637 e. The molecule has 8 unspecified atom stereocenters. The van der Waals surface area contributed by atoms with Crippen LogP contribution in [0.2, 0.25) is 0 Å². The van der Waals surface area contributed by atoms with Crippen molar-refractivity contribution in [3.8, 4) is 0 Å². The van der Waals surface area contributed by atoms with Crippen molar-refractivity contribution in [2.45, 2.75) is 78.7 Å². The van der Waals surface area contributed by atoms with Crippen molar-refractivity contribution >= 4 is 0 Å². The van der Waals surface area contributed by atoms with Gasteiger partial charge in [0, 0.05) is 12.0 Å². The van der Waals surface area contributed by atoms with Crippen LogP contribution in [0, 0.1) is 40.4 Å². The zero-order valence-electron chi connectivity index (χ0n) is 14.5. The molecule has 1 heteroatoms. The minimum atomic E-state index is 0.470. The molecule has 0 aromatic carbocycles. The zero-order valence-corrected chi connectivity index (χ0v) is 14.5. The Bertz CT molecular complexity index is 418. The topological polar surface area (TPSA) is 9.23 Å². The first-order valence-electron chi connectivity index (χ1n) is 9.59. The average Bonchev–Trinajstić information content (AvgIpc) is 2.43. The van der Waals surface area contributed by atoms with Gasteiger partial charge in [-0.1, -0.05) is 47.0 Å². The standard InChI is InChI=1S/C20H34O/c1-13-6-5-10-19(3)16(13)12-18-20(4)15(9-11-21-18)14(2)7-8-17(19)20/h13-18H,5-12H2,1-4H3. The van der Waals surface area contributed by atoms with E-state index in [4.69, 9.17) is 4.74 Å². The predicted molar refractivity (Wildman–Crippen MR) is 87.1 cm³/mol. The fourth-order valence-corrected chi connectivity index (χ4v) is 7.76. The molecule has 0 radical (unpaired) electrons. The largest absolute Gasteiger partial charge is 0.378 e. The highest BCUT2D eigenvalue weighted by Crippen LogP contribution is 2.68. The Kier molecular flexibility index (Phi) is 3.27. The molecule has 0 aromatic heterocycles. The van der Waals surface area contributed by atoms with Gasteiger partial charge < -0.3 is 4.74 Å². The van der Waals surface area contributed by atoms with Gasteiger partial charge in [-0.25, -0.2) is 0 Å². The molecule has 0 spiro atoms. The minimum absolute atomic E-state index is 0.470. The highest BCUT2D eigenvalue weighted by molar-refractivity contribution is 5.13. The number of hydrogen-bond acceptors (Lipinski definition) is 1. The predicted octanol–water partition coefficient (Wildman–Crippen LogP) is 5.29. The van der Waals surface area contributed by atoms with Gasteiger partial charge in [0.15, 0.2) is 0 Å².